The van der Waals surface area contributed by atoms with Crippen LogP contribution in [0.25, 0.3) is 0 Å². The van der Waals surface area contributed by atoms with Crippen molar-refractivity contribution >= 4 is 21.6 Å². The van der Waals surface area contributed by atoms with E-state index in [-0.39, 0.29) is 0 Å². The normalized spacial score (nSPS) is 13.8. The van der Waals surface area contributed by atoms with Gasteiger partial charge in [0.2, 0.25) is 0 Å². The quantitative estimate of drug-likeness (QED) is 0.787. The van der Waals surface area contributed by atoms with Crippen molar-refractivity contribution in [3.8, 4) is 0 Å². The molecule has 2 atom stereocenters. The molecule has 0 bridgehead atoms. The highest BCUT2D eigenvalue weighted by Gasteiger charge is 2.16. The molecule has 0 radical (unpaired) electrons. The summed E-state index contributed by atoms with van der Waals surface area (Å²) in [7, 11) is -2.24. The van der Waals surface area contributed by atoms with Gasteiger partial charge in [-0.05, 0) is 63.8 Å². The number of benzene rings is 2. The fraction of sp³-hybridized carbons (Fsp3) is 0.400. The maximum atomic E-state index is 12.7. The fourth-order valence-corrected chi connectivity index (χ4v) is 6.70. The van der Waals surface area contributed by atoms with Crippen LogP contribution in [-0.4, -0.2) is 19.9 Å². The Kier molecular flexibility index (Phi) is 6.16. The standard InChI is InChI=1S/C20H26O2S2/c1-13-9-15(3)19(16(4)10-13)23(21)7-8-24(22)20-17(5)11-14(2)12-18(20)6/h9-12H,7-8H2,1-6H3/t23-,24-/m0/s1. The molecule has 0 N–H and O–H groups in total. The molecule has 0 aromatic heterocycles. The lowest BCUT2D eigenvalue weighted by atomic mass is 10.1. The first-order chi connectivity index (χ1) is 11.2. The predicted octanol–water partition coefficient (Wildman–Crippen LogP) is 4.45. The first-order valence-electron chi connectivity index (χ1n) is 8.13. The van der Waals surface area contributed by atoms with Crippen LogP contribution in [0.4, 0.5) is 0 Å². The van der Waals surface area contributed by atoms with Gasteiger partial charge >= 0.3 is 0 Å². The van der Waals surface area contributed by atoms with E-state index in [2.05, 4.69) is 24.3 Å². The van der Waals surface area contributed by atoms with Crippen molar-refractivity contribution in [3.63, 3.8) is 0 Å². The van der Waals surface area contributed by atoms with Crippen LogP contribution in [0.5, 0.6) is 0 Å². The third-order valence-electron chi connectivity index (χ3n) is 4.12. The van der Waals surface area contributed by atoms with Crippen molar-refractivity contribution in [2.45, 2.75) is 51.3 Å². The zero-order valence-corrected chi connectivity index (χ0v) is 17.0. The van der Waals surface area contributed by atoms with Crippen LogP contribution in [0.1, 0.15) is 33.4 Å². The first-order valence-corrected chi connectivity index (χ1v) is 10.8. The average Bonchev–Trinajstić information content (AvgIpc) is 2.42. The molecule has 0 aliphatic carbocycles. The summed E-state index contributed by atoms with van der Waals surface area (Å²) in [5.41, 5.74) is 6.58. The molecule has 0 saturated heterocycles. The van der Waals surface area contributed by atoms with E-state index in [1.54, 1.807) is 0 Å². The molecule has 2 aromatic rings. The lowest BCUT2D eigenvalue weighted by Crippen LogP contribution is -2.12. The van der Waals surface area contributed by atoms with Gasteiger partial charge in [-0.15, -0.1) is 0 Å². The van der Waals surface area contributed by atoms with Crippen LogP contribution in [-0.2, 0) is 21.6 Å². The molecule has 2 nitrogen and oxygen atoms in total. The Morgan fingerprint density at radius 1 is 0.583 bits per heavy atom. The van der Waals surface area contributed by atoms with Crippen molar-refractivity contribution in [3.05, 3.63) is 57.6 Å². The van der Waals surface area contributed by atoms with Gasteiger partial charge in [0.25, 0.3) is 0 Å². The maximum Gasteiger partial charge on any atom is 0.0544 e. The topological polar surface area (TPSA) is 34.1 Å². The Bertz CT molecular complexity index is 707. The molecule has 24 heavy (non-hydrogen) atoms. The van der Waals surface area contributed by atoms with E-state index in [4.69, 9.17) is 0 Å². The maximum absolute atomic E-state index is 12.7. The van der Waals surface area contributed by atoms with E-state index >= 15 is 0 Å². The summed E-state index contributed by atoms with van der Waals surface area (Å²) in [5, 5.41) is 0. The summed E-state index contributed by atoms with van der Waals surface area (Å²) >= 11 is 0. The Hall–Kier alpha value is -1.26. The van der Waals surface area contributed by atoms with Crippen LogP contribution in [0.15, 0.2) is 34.1 Å². The third kappa shape index (κ3) is 4.22. The third-order valence-corrected chi connectivity index (χ3v) is 7.73. The second-order valence-corrected chi connectivity index (χ2v) is 9.57. The largest absolute Gasteiger partial charge is 0.254 e. The Balaban J connectivity index is 2.17. The van der Waals surface area contributed by atoms with Crippen LogP contribution in [0.3, 0.4) is 0 Å². The molecule has 130 valence electrons. The lowest BCUT2D eigenvalue weighted by molar-refractivity contribution is 0.677. The average molecular weight is 363 g/mol. The van der Waals surface area contributed by atoms with E-state index in [1.165, 1.54) is 11.1 Å². The number of rotatable bonds is 5. The monoisotopic (exact) mass is 362 g/mol. The summed E-state index contributed by atoms with van der Waals surface area (Å²) < 4.78 is 25.5. The molecule has 0 unspecified atom stereocenters. The minimum Gasteiger partial charge on any atom is -0.254 e. The molecule has 0 amide bonds. The van der Waals surface area contributed by atoms with E-state index < -0.39 is 21.6 Å². The Morgan fingerprint density at radius 3 is 1.08 bits per heavy atom. The molecular formula is C20H26O2S2. The van der Waals surface area contributed by atoms with Gasteiger partial charge in [-0.25, -0.2) is 0 Å². The SMILES string of the molecule is Cc1cc(C)c([S@@](=O)CC[S@](=O)c2c(C)cc(C)cc2C)c(C)c1. The molecule has 0 aliphatic rings. The van der Waals surface area contributed by atoms with E-state index in [0.717, 1.165) is 32.0 Å². The molecule has 4 heteroatoms. The van der Waals surface area contributed by atoms with Gasteiger partial charge in [0.15, 0.2) is 0 Å². The second-order valence-electron chi connectivity index (χ2n) is 6.55. The van der Waals surface area contributed by atoms with Gasteiger partial charge in [-0.3, -0.25) is 8.42 Å². The molecule has 0 aliphatic heterocycles. The molecule has 0 saturated carbocycles. The molecule has 0 spiro atoms. The summed E-state index contributed by atoms with van der Waals surface area (Å²) in [4.78, 5) is 1.80. The van der Waals surface area contributed by atoms with E-state index in [9.17, 15) is 8.42 Å². The number of aryl methyl sites for hydroxylation is 6. The summed E-state index contributed by atoms with van der Waals surface area (Å²) in [5.74, 6) is 0.841. The zero-order chi connectivity index (χ0) is 18.0. The van der Waals surface area contributed by atoms with Gasteiger partial charge in [0, 0.05) is 21.3 Å². The fourth-order valence-electron chi connectivity index (χ4n) is 3.41. The minimum absolute atomic E-state index is 0.421. The van der Waals surface area contributed by atoms with Gasteiger partial charge in [0.05, 0.1) is 21.6 Å². The van der Waals surface area contributed by atoms with Gasteiger partial charge in [-0.1, -0.05) is 35.4 Å². The van der Waals surface area contributed by atoms with Crippen LogP contribution < -0.4 is 0 Å². The first kappa shape index (κ1) is 19.1. The highest BCUT2D eigenvalue weighted by Crippen LogP contribution is 2.23. The molecule has 0 heterocycles. The number of hydrogen-bond acceptors (Lipinski definition) is 2. The van der Waals surface area contributed by atoms with Crippen LogP contribution >= 0.6 is 0 Å². The van der Waals surface area contributed by atoms with Gasteiger partial charge in [0.1, 0.15) is 0 Å². The summed E-state index contributed by atoms with van der Waals surface area (Å²) in [6.45, 7) is 12.1. The highest BCUT2D eigenvalue weighted by atomic mass is 32.2. The summed E-state index contributed by atoms with van der Waals surface area (Å²) in [6.07, 6.45) is 0. The smallest absolute Gasteiger partial charge is 0.0544 e. The second kappa shape index (κ2) is 7.75. The Morgan fingerprint density at radius 2 is 0.833 bits per heavy atom. The van der Waals surface area contributed by atoms with Crippen molar-refractivity contribution in [1.29, 1.82) is 0 Å². The predicted molar refractivity (Wildman–Crippen MR) is 104 cm³/mol. The van der Waals surface area contributed by atoms with Crippen molar-refractivity contribution in [2.24, 2.45) is 0 Å². The van der Waals surface area contributed by atoms with Crippen LogP contribution in [0.2, 0.25) is 0 Å². The molecule has 2 aromatic carbocycles. The molecule has 0 fully saturated rings. The van der Waals surface area contributed by atoms with Crippen molar-refractivity contribution in [1.82, 2.24) is 0 Å². The van der Waals surface area contributed by atoms with E-state index in [0.29, 0.717) is 11.5 Å². The Labute approximate surface area is 150 Å². The summed E-state index contributed by atoms with van der Waals surface area (Å²) in [6, 6.07) is 8.24. The minimum atomic E-state index is -1.12. The molecular weight excluding hydrogens is 336 g/mol. The van der Waals surface area contributed by atoms with Gasteiger partial charge < -0.3 is 0 Å². The highest BCUT2D eigenvalue weighted by molar-refractivity contribution is 7.89. The van der Waals surface area contributed by atoms with Crippen molar-refractivity contribution in [2.75, 3.05) is 11.5 Å². The van der Waals surface area contributed by atoms with Crippen molar-refractivity contribution < 1.29 is 8.42 Å². The lowest BCUT2D eigenvalue weighted by Gasteiger charge is -2.13. The van der Waals surface area contributed by atoms with Crippen LogP contribution in [0, 0.1) is 41.5 Å². The molecule has 2 rings (SSSR count). The van der Waals surface area contributed by atoms with E-state index in [1.807, 2.05) is 41.5 Å². The number of hydrogen-bond donors (Lipinski definition) is 0. The zero-order valence-electron chi connectivity index (χ0n) is 15.4. The van der Waals surface area contributed by atoms with Gasteiger partial charge in [-0.2, -0.15) is 0 Å².